The molecule has 2 heterocycles. The number of benzene rings is 2. The van der Waals surface area contributed by atoms with Crippen LogP contribution < -0.4 is 4.74 Å². The summed E-state index contributed by atoms with van der Waals surface area (Å²) in [5.41, 5.74) is 3.92. The normalized spacial score (nSPS) is 15.0. The van der Waals surface area contributed by atoms with Gasteiger partial charge in [0.15, 0.2) is 0 Å². The van der Waals surface area contributed by atoms with E-state index in [9.17, 15) is 9.59 Å². The molecule has 0 saturated carbocycles. The molecule has 6 nitrogen and oxygen atoms in total. The molecular formula is C29H35N3O3S. The Kier molecular flexibility index (Phi) is 8.41. The van der Waals surface area contributed by atoms with Crippen molar-refractivity contribution >= 4 is 23.2 Å². The lowest BCUT2D eigenvalue weighted by Gasteiger charge is -2.38. The third kappa shape index (κ3) is 5.78. The summed E-state index contributed by atoms with van der Waals surface area (Å²) < 4.78 is 6.13. The Hall–Kier alpha value is -3.19. The van der Waals surface area contributed by atoms with Gasteiger partial charge in [0.25, 0.3) is 5.91 Å². The van der Waals surface area contributed by atoms with Gasteiger partial charge >= 0.3 is 0 Å². The van der Waals surface area contributed by atoms with Gasteiger partial charge in [-0.05, 0) is 55.0 Å². The van der Waals surface area contributed by atoms with Crippen molar-refractivity contribution in [3.8, 4) is 5.75 Å². The van der Waals surface area contributed by atoms with Crippen LogP contribution in [0.15, 0.2) is 53.9 Å². The van der Waals surface area contributed by atoms with Gasteiger partial charge < -0.3 is 14.5 Å². The summed E-state index contributed by atoms with van der Waals surface area (Å²) in [6, 6.07) is 16.3. The van der Waals surface area contributed by atoms with Crippen molar-refractivity contribution < 1.29 is 14.3 Å². The van der Waals surface area contributed by atoms with Gasteiger partial charge in [-0.3, -0.25) is 9.59 Å². The Morgan fingerprint density at radius 2 is 1.89 bits per heavy atom. The molecule has 0 aliphatic carbocycles. The Morgan fingerprint density at radius 3 is 2.58 bits per heavy atom. The summed E-state index contributed by atoms with van der Waals surface area (Å²) in [7, 11) is 0. The van der Waals surface area contributed by atoms with Gasteiger partial charge in [0.1, 0.15) is 23.1 Å². The molecule has 4 rings (SSSR count). The molecule has 3 aromatic rings. The Balaban J connectivity index is 1.56. The lowest BCUT2D eigenvalue weighted by Crippen LogP contribution is -2.41. The number of aromatic nitrogens is 1. The highest BCUT2D eigenvalue weighted by molar-refractivity contribution is 7.09. The molecule has 190 valence electrons. The minimum Gasteiger partial charge on any atom is -0.486 e. The lowest BCUT2D eigenvalue weighted by molar-refractivity contribution is -0.134. The second-order valence-electron chi connectivity index (χ2n) is 9.50. The van der Waals surface area contributed by atoms with Crippen LogP contribution in [0, 0.1) is 5.92 Å². The van der Waals surface area contributed by atoms with Crippen molar-refractivity contribution in [2.75, 3.05) is 19.6 Å². The number of carbonyl (C=O) groups excluding carboxylic acids is 2. The predicted molar refractivity (Wildman–Crippen MR) is 143 cm³/mol. The highest BCUT2D eigenvalue weighted by Crippen LogP contribution is 2.38. The molecule has 0 spiro atoms. The van der Waals surface area contributed by atoms with Crippen LogP contribution in [0.25, 0.3) is 0 Å². The third-order valence-electron chi connectivity index (χ3n) is 6.55. The predicted octanol–water partition coefficient (Wildman–Crippen LogP) is 5.72. The fourth-order valence-corrected chi connectivity index (χ4v) is 5.39. The number of carbonyl (C=O) groups is 2. The highest BCUT2D eigenvalue weighted by atomic mass is 32.1. The van der Waals surface area contributed by atoms with Gasteiger partial charge in [0.2, 0.25) is 5.91 Å². The first-order valence-electron chi connectivity index (χ1n) is 12.7. The summed E-state index contributed by atoms with van der Waals surface area (Å²) in [5.74, 6) is 1.18. The lowest BCUT2D eigenvalue weighted by atomic mass is 9.87. The Labute approximate surface area is 217 Å². The van der Waals surface area contributed by atoms with Crippen LogP contribution >= 0.6 is 11.3 Å². The summed E-state index contributed by atoms with van der Waals surface area (Å²) in [5, 5.41) is 2.56. The zero-order valence-electron chi connectivity index (χ0n) is 21.6. The first kappa shape index (κ1) is 25.9. The smallest absolute Gasteiger partial charge is 0.273 e. The SMILES string of the molecule is CCN(CC)C(=O)c1csc(COc2ccc3c(c2)[C@H](c2ccccc2)N(C(=O)CC(C)C)CC3)n1. The number of hydrogen-bond donors (Lipinski definition) is 0. The monoisotopic (exact) mass is 505 g/mol. The number of thiazole rings is 1. The van der Waals surface area contributed by atoms with E-state index >= 15 is 0 Å². The van der Waals surface area contributed by atoms with Gasteiger partial charge in [-0.1, -0.05) is 50.2 Å². The van der Waals surface area contributed by atoms with Crippen molar-refractivity contribution in [1.29, 1.82) is 0 Å². The molecule has 0 radical (unpaired) electrons. The molecule has 1 aliphatic heterocycles. The molecule has 1 aromatic heterocycles. The number of hydrogen-bond acceptors (Lipinski definition) is 5. The van der Waals surface area contributed by atoms with Crippen LogP contribution in [0.3, 0.4) is 0 Å². The van der Waals surface area contributed by atoms with Crippen molar-refractivity contribution in [2.24, 2.45) is 5.92 Å². The second kappa shape index (κ2) is 11.7. The number of fused-ring (bicyclic) bond motifs is 1. The van der Waals surface area contributed by atoms with E-state index in [0.29, 0.717) is 44.3 Å². The largest absolute Gasteiger partial charge is 0.486 e. The van der Waals surface area contributed by atoms with Crippen molar-refractivity contribution in [3.63, 3.8) is 0 Å². The van der Waals surface area contributed by atoms with Crippen LogP contribution in [0.4, 0.5) is 0 Å². The van der Waals surface area contributed by atoms with Crippen molar-refractivity contribution in [2.45, 2.75) is 53.2 Å². The van der Waals surface area contributed by atoms with E-state index in [1.54, 1.807) is 10.3 Å². The second-order valence-corrected chi connectivity index (χ2v) is 10.4. The standard InChI is InChI=1S/C29H35N3O3S/c1-5-31(6-2)29(34)25-19-36-26(30-25)18-35-23-13-12-21-14-15-32(27(33)16-20(3)4)28(24(21)17-23)22-10-8-7-9-11-22/h7-13,17,19-20,28H,5-6,14-16,18H2,1-4H3/t28-/m0/s1. The average molecular weight is 506 g/mol. The van der Waals surface area contributed by atoms with Crippen molar-refractivity contribution in [3.05, 3.63) is 81.3 Å². The first-order chi connectivity index (χ1) is 17.4. The van der Waals surface area contributed by atoms with E-state index in [-0.39, 0.29) is 17.9 Å². The minimum absolute atomic E-state index is 0.0480. The molecule has 0 N–H and O–H groups in total. The van der Waals surface area contributed by atoms with Gasteiger partial charge in [-0.2, -0.15) is 0 Å². The quantitative estimate of drug-likeness (QED) is 0.373. The molecule has 7 heteroatoms. The molecule has 0 saturated heterocycles. The molecule has 2 amide bonds. The molecule has 0 fully saturated rings. The molecule has 1 atom stereocenters. The van der Waals surface area contributed by atoms with Crippen LogP contribution in [-0.4, -0.2) is 46.2 Å². The van der Waals surface area contributed by atoms with E-state index in [1.165, 1.54) is 16.9 Å². The molecule has 0 unspecified atom stereocenters. The molecule has 1 aliphatic rings. The number of amides is 2. The molecule has 0 bridgehead atoms. The van der Waals surface area contributed by atoms with Crippen LogP contribution in [0.2, 0.25) is 0 Å². The zero-order chi connectivity index (χ0) is 25.7. The van der Waals surface area contributed by atoms with E-state index in [0.717, 1.165) is 28.3 Å². The first-order valence-corrected chi connectivity index (χ1v) is 13.6. The maximum Gasteiger partial charge on any atom is 0.273 e. The molecule has 2 aromatic carbocycles. The summed E-state index contributed by atoms with van der Waals surface area (Å²) >= 11 is 1.44. The maximum atomic E-state index is 13.2. The van der Waals surface area contributed by atoms with E-state index in [2.05, 4.69) is 43.1 Å². The Bertz CT molecular complexity index is 1190. The van der Waals surface area contributed by atoms with E-state index in [4.69, 9.17) is 4.74 Å². The summed E-state index contributed by atoms with van der Waals surface area (Å²) in [6.07, 6.45) is 1.36. The van der Waals surface area contributed by atoms with Gasteiger partial charge in [0, 0.05) is 31.4 Å². The maximum absolute atomic E-state index is 13.2. The zero-order valence-corrected chi connectivity index (χ0v) is 22.4. The molecule has 36 heavy (non-hydrogen) atoms. The minimum atomic E-state index is -0.136. The number of nitrogens with zero attached hydrogens (tertiary/aromatic N) is 3. The number of rotatable bonds is 9. The third-order valence-corrected chi connectivity index (χ3v) is 7.37. The Morgan fingerprint density at radius 1 is 1.14 bits per heavy atom. The van der Waals surface area contributed by atoms with Crippen LogP contribution in [0.5, 0.6) is 5.75 Å². The summed E-state index contributed by atoms with van der Waals surface area (Å²) in [6.45, 7) is 10.4. The molecular weight excluding hydrogens is 470 g/mol. The van der Waals surface area contributed by atoms with Crippen LogP contribution in [-0.2, 0) is 17.8 Å². The van der Waals surface area contributed by atoms with Gasteiger partial charge in [-0.15, -0.1) is 11.3 Å². The van der Waals surface area contributed by atoms with Crippen molar-refractivity contribution in [1.82, 2.24) is 14.8 Å². The van der Waals surface area contributed by atoms with Gasteiger partial charge in [0.05, 0.1) is 6.04 Å². The van der Waals surface area contributed by atoms with Gasteiger partial charge in [-0.25, -0.2) is 4.98 Å². The average Bonchev–Trinajstić information content (AvgIpc) is 3.36. The van der Waals surface area contributed by atoms with Crippen LogP contribution in [0.1, 0.15) is 72.3 Å². The topological polar surface area (TPSA) is 62.7 Å². The number of ether oxygens (including phenoxy) is 1. The fraction of sp³-hybridized carbons (Fsp3) is 0.414. The van der Waals surface area contributed by atoms with E-state index in [1.807, 2.05) is 43.0 Å². The summed E-state index contributed by atoms with van der Waals surface area (Å²) in [4.78, 5) is 34.1. The van der Waals surface area contributed by atoms with E-state index < -0.39 is 0 Å². The highest BCUT2D eigenvalue weighted by Gasteiger charge is 2.32. The fourth-order valence-electron chi connectivity index (χ4n) is 4.71.